The normalized spacial score (nSPS) is 14.8. The lowest BCUT2D eigenvalue weighted by molar-refractivity contribution is 0.229. The summed E-state index contributed by atoms with van der Waals surface area (Å²) >= 11 is 0. The average Bonchev–Trinajstić information content (AvgIpc) is 2.87. The Morgan fingerprint density at radius 1 is 1.03 bits per heavy atom. The molecule has 6 nitrogen and oxygen atoms in total. The van der Waals surface area contributed by atoms with Crippen molar-refractivity contribution in [1.82, 2.24) is 10.3 Å². The highest BCUT2D eigenvalue weighted by atomic mass is 16.5. The zero-order valence-electron chi connectivity index (χ0n) is 21.0. The standard InChI is InChI=1S/C29H36N4O2/c1-29(2,3)27(23-13-10-16-30-20-23)32-28(34)31-25-15-14-24(33-17-8-5-9-18-33)19-26(25)35-21-22-11-6-4-7-12-22/h4,6-7,10-16,19-20,27H,5,8-9,17-18,21H2,1-3H3,(H2,31,32,34). The van der Waals surface area contributed by atoms with Gasteiger partial charge in [-0.1, -0.05) is 57.2 Å². The number of benzene rings is 2. The number of hydrogen-bond acceptors (Lipinski definition) is 4. The number of pyridine rings is 1. The summed E-state index contributed by atoms with van der Waals surface area (Å²) < 4.78 is 6.23. The first-order valence-corrected chi connectivity index (χ1v) is 12.4. The van der Waals surface area contributed by atoms with E-state index >= 15 is 0 Å². The van der Waals surface area contributed by atoms with E-state index in [9.17, 15) is 4.79 Å². The molecule has 2 amide bonds. The maximum Gasteiger partial charge on any atom is 0.319 e. The first-order valence-electron chi connectivity index (χ1n) is 12.4. The predicted octanol–water partition coefficient (Wildman–Crippen LogP) is 6.56. The molecule has 1 aliphatic heterocycles. The van der Waals surface area contributed by atoms with E-state index in [0.717, 1.165) is 29.9 Å². The second-order valence-electron chi connectivity index (χ2n) is 10.2. The number of carbonyl (C=O) groups is 1. The Morgan fingerprint density at radius 3 is 2.49 bits per heavy atom. The van der Waals surface area contributed by atoms with E-state index in [1.807, 2.05) is 54.6 Å². The van der Waals surface area contributed by atoms with Crippen LogP contribution in [0.5, 0.6) is 5.75 Å². The third-order valence-corrected chi connectivity index (χ3v) is 6.33. The van der Waals surface area contributed by atoms with Gasteiger partial charge in [0.25, 0.3) is 0 Å². The number of amides is 2. The molecule has 0 bridgehead atoms. The van der Waals surface area contributed by atoms with Gasteiger partial charge in [-0.25, -0.2) is 4.79 Å². The Labute approximate surface area is 208 Å². The van der Waals surface area contributed by atoms with Crippen molar-refractivity contribution in [1.29, 1.82) is 0 Å². The van der Waals surface area contributed by atoms with Crippen molar-refractivity contribution in [3.8, 4) is 5.75 Å². The number of anilines is 2. The molecule has 6 heteroatoms. The number of rotatable bonds is 7. The minimum absolute atomic E-state index is 0.189. The summed E-state index contributed by atoms with van der Waals surface area (Å²) in [7, 11) is 0. The fourth-order valence-electron chi connectivity index (χ4n) is 4.45. The summed E-state index contributed by atoms with van der Waals surface area (Å²) in [6.45, 7) is 8.83. The molecule has 0 aliphatic carbocycles. The van der Waals surface area contributed by atoms with Crippen molar-refractivity contribution in [2.24, 2.45) is 5.41 Å². The van der Waals surface area contributed by atoms with Crippen LogP contribution in [-0.2, 0) is 6.61 Å². The summed E-state index contributed by atoms with van der Waals surface area (Å²) in [5.41, 5.74) is 3.64. The molecule has 3 aromatic rings. The van der Waals surface area contributed by atoms with Gasteiger partial charge in [0.15, 0.2) is 0 Å². The second-order valence-corrected chi connectivity index (χ2v) is 10.2. The zero-order chi connectivity index (χ0) is 24.7. The van der Waals surface area contributed by atoms with Crippen LogP contribution in [0.1, 0.15) is 57.2 Å². The summed E-state index contributed by atoms with van der Waals surface area (Å²) in [6.07, 6.45) is 7.22. The first-order chi connectivity index (χ1) is 16.9. The van der Waals surface area contributed by atoms with E-state index in [-0.39, 0.29) is 17.5 Å². The topological polar surface area (TPSA) is 66.5 Å². The van der Waals surface area contributed by atoms with Crippen molar-refractivity contribution in [2.45, 2.75) is 52.7 Å². The third-order valence-electron chi connectivity index (χ3n) is 6.33. The number of carbonyl (C=O) groups excluding carboxylic acids is 1. The van der Waals surface area contributed by atoms with Crippen LogP contribution in [0, 0.1) is 5.41 Å². The van der Waals surface area contributed by atoms with Crippen LogP contribution >= 0.6 is 0 Å². The van der Waals surface area contributed by atoms with Gasteiger partial charge in [0, 0.05) is 37.2 Å². The molecule has 1 aromatic heterocycles. The number of aromatic nitrogens is 1. The number of ether oxygens (including phenoxy) is 1. The van der Waals surface area contributed by atoms with Crippen LogP contribution in [-0.4, -0.2) is 24.1 Å². The van der Waals surface area contributed by atoms with Gasteiger partial charge in [-0.2, -0.15) is 0 Å². The highest BCUT2D eigenvalue weighted by Gasteiger charge is 2.28. The van der Waals surface area contributed by atoms with E-state index in [1.54, 1.807) is 12.4 Å². The fraction of sp³-hybridized carbons (Fsp3) is 0.379. The minimum Gasteiger partial charge on any atom is -0.487 e. The smallest absolute Gasteiger partial charge is 0.319 e. The van der Waals surface area contributed by atoms with Gasteiger partial charge in [-0.15, -0.1) is 0 Å². The lowest BCUT2D eigenvalue weighted by Gasteiger charge is -2.32. The van der Waals surface area contributed by atoms with Crippen LogP contribution in [0.25, 0.3) is 0 Å². The maximum absolute atomic E-state index is 13.1. The monoisotopic (exact) mass is 472 g/mol. The van der Waals surface area contributed by atoms with E-state index in [0.29, 0.717) is 18.0 Å². The highest BCUT2D eigenvalue weighted by Crippen LogP contribution is 2.34. The van der Waals surface area contributed by atoms with E-state index in [2.05, 4.69) is 47.4 Å². The summed E-state index contributed by atoms with van der Waals surface area (Å²) in [4.78, 5) is 19.8. The Hall–Kier alpha value is -3.54. The zero-order valence-corrected chi connectivity index (χ0v) is 21.0. The molecule has 184 valence electrons. The fourth-order valence-corrected chi connectivity index (χ4v) is 4.45. The van der Waals surface area contributed by atoms with Crippen LogP contribution in [0.15, 0.2) is 73.1 Å². The molecular formula is C29H36N4O2. The van der Waals surface area contributed by atoms with Crippen LogP contribution in [0.4, 0.5) is 16.2 Å². The summed E-state index contributed by atoms with van der Waals surface area (Å²) in [5.74, 6) is 0.667. The molecule has 2 aromatic carbocycles. The summed E-state index contributed by atoms with van der Waals surface area (Å²) in [5, 5.41) is 6.18. The van der Waals surface area contributed by atoms with Gasteiger partial charge in [0.1, 0.15) is 12.4 Å². The number of urea groups is 1. The molecule has 1 aliphatic rings. The van der Waals surface area contributed by atoms with Crippen LogP contribution in [0.2, 0.25) is 0 Å². The van der Waals surface area contributed by atoms with Gasteiger partial charge in [-0.05, 0) is 54.0 Å². The highest BCUT2D eigenvalue weighted by molar-refractivity contribution is 5.91. The molecule has 1 fully saturated rings. The molecule has 35 heavy (non-hydrogen) atoms. The largest absolute Gasteiger partial charge is 0.487 e. The lowest BCUT2D eigenvalue weighted by atomic mass is 9.83. The lowest BCUT2D eigenvalue weighted by Crippen LogP contribution is -2.39. The van der Waals surface area contributed by atoms with Gasteiger partial charge in [-0.3, -0.25) is 4.98 Å². The van der Waals surface area contributed by atoms with Crippen LogP contribution in [0.3, 0.4) is 0 Å². The Kier molecular flexibility index (Phi) is 7.91. The van der Waals surface area contributed by atoms with Crippen molar-refractivity contribution >= 4 is 17.4 Å². The molecule has 4 rings (SSSR count). The van der Waals surface area contributed by atoms with Crippen molar-refractivity contribution < 1.29 is 9.53 Å². The molecule has 2 heterocycles. The molecule has 1 saturated heterocycles. The molecular weight excluding hydrogens is 436 g/mol. The van der Waals surface area contributed by atoms with Gasteiger partial charge >= 0.3 is 6.03 Å². The van der Waals surface area contributed by atoms with Gasteiger partial charge < -0.3 is 20.3 Å². The second kappa shape index (κ2) is 11.3. The first kappa shape index (κ1) is 24.6. The molecule has 0 radical (unpaired) electrons. The van der Waals surface area contributed by atoms with Gasteiger partial charge in [0.2, 0.25) is 0 Å². The SMILES string of the molecule is CC(C)(C)C(NC(=O)Nc1ccc(N2CCCCC2)cc1OCc1ccccc1)c1cccnc1. The third kappa shape index (κ3) is 6.75. The number of piperidine rings is 1. The number of nitrogens with one attached hydrogen (secondary N) is 2. The molecule has 1 unspecified atom stereocenters. The Bertz CT molecular complexity index is 1090. The van der Waals surface area contributed by atoms with E-state index < -0.39 is 0 Å². The van der Waals surface area contributed by atoms with Crippen molar-refractivity contribution in [3.63, 3.8) is 0 Å². The number of nitrogens with zero attached hydrogens (tertiary/aromatic N) is 2. The Balaban J connectivity index is 1.54. The molecule has 2 N–H and O–H groups in total. The number of hydrogen-bond donors (Lipinski definition) is 2. The molecule has 0 saturated carbocycles. The van der Waals surface area contributed by atoms with E-state index in [4.69, 9.17) is 4.74 Å². The average molecular weight is 473 g/mol. The predicted molar refractivity (Wildman–Crippen MR) is 142 cm³/mol. The molecule has 1 atom stereocenters. The maximum atomic E-state index is 13.1. The minimum atomic E-state index is -0.274. The summed E-state index contributed by atoms with van der Waals surface area (Å²) in [6, 6.07) is 19.5. The molecule has 0 spiro atoms. The Morgan fingerprint density at radius 2 is 1.80 bits per heavy atom. The van der Waals surface area contributed by atoms with Crippen LogP contribution < -0.4 is 20.3 Å². The van der Waals surface area contributed by atoms with Crippen molar-refractivity contribution in [2.75, 3.05) is 23.3 Å². The quantitative estimate of drug-likeness (QED) is 0.409. The van der Waals surface area contributed by atoms with Gasteiger partial charge in [0.05, 0.1) is 11.7 Å². The van der Waals surface area contributed by atoms with Crippen molar-refractivity contribution in [3.05, 3.63) is 84.2 Å². The van der Waals surface area contributed by atoms with E-state index in [1.165, 1.54) is 19.3 Å².